The van der Waals surface area contributed by atoms with Crippen LogP contribution in [0.1, 0.15) is 32.6 Å². The van der Waals surface area contributed by atoms with Crippen molar-refractivity contribution in [3.05, 3.63) is 12.3 Å². The summed E-state index contributed by atoms with van der Waals surface area (Å²) in [6.07, 6.45) is 1.09. The summed E-state index contributed by atoms with van der Waals surface area (Å²) in [6, 6.07) is -0.622. The zero-order valence-corrected chi connectivity index (χ0v) is 21.9. The zero-order valence-electron chi connectivity index (χ0n) is 18.4. The summed E-state index contributed by atoms with van der Waals surface area (Å²) in [5.74, 6) is 0.833. The molecule has 7 N–H and O–H groups in total. The van der Waals surface area contributed by atoms with Crippen LogP contribution in [-0.2, 0) is 31.6 Å². The highest BCUT2D eigenvalue weighted by Crippen LogP contribution is 2.66. The Morgan fingerprint density at radius 2 is 1.74 bits per heavy atom. The summed E-state index contributed by atoms with van der Waals surface area (Å²) in [5.41, 5.74) is 0. The van der Waals surface area contributed by atoms with Crippen molar-refractivity contribution in [3.63, 3.8) is 0 Å². The molecule has 0 bridgehead atoms. The van der Waals surface area contributed by atoms with Gasteiger partial charge in [0.05, 0.1) is 12.0 Å². The zero-order chi connectivity index (χ0) is 26.4. The quantitative estimate of drug-likeness (QED) is 0.111. The molecule has 35 heavy (non-hydrogen) atoms. The van der Waals surface area contributed by atoms with Gasteiger partial charge in [0.15, 0.2) is 6.23 Å². The van der Waals surface area contributed by atoms with Gasteiger partial charge in [0.1, 0.15) is 18.3 Å². The van der Waals surface area contributed by atoms with Crippen molar-refractivity contribution in [3.8, 4) is 0 Å². The van der Waals surface area contributed by atoms with E-state index >= 15 is 0 Å². The summed E-state index contributed by atoms with van der Waals surface area (Å²) in [6.45, 7) is 1.13. The molecule has 1 fully saturated rings. The second-order valence-corrected chi connectivity index (χ2v) is 13.2. The lowest BCUT2D eigenvalue weighted by molar-refractivity contribution is -0.0650. The largest absolute Gasteiger partial charge is 0.490 e. The van der Waals surface area contributed by atoms with Crippen LogP contribution in [0.2, 0.25) is 0 Å². The minimum absolute atomic E-state index is 0.301. The van der Waals surface area contributed by atoms with E-state index in [4.69, 9.17) is 19.4 Å². The van der Waals surface area contributed by atoms with Crippen molar-refractivity contribution in [2.75, 3.05) is 12.4 Å². The molecule has 204 valence electrons. The number of thioether (sulfide) groups is 1. The monoisotopic (exact) mass is 586 g/mol. The van der Waals surface area contributed by atoms with Gasteiger partial charge in [-0.2, -0.15) is 8.62 Å². The number of hydrogen-bond acceptors (Lipinski definition) is 11. The van der Waals surface area contributed by atoms with Gasteiger partial charge in [-0.3, -0.25) is 9.42 Å². The number of phosphoric ester groups is 1. The third kappa shape index (κ3) is 10.1. The number of phosphoric acid groups is 3. The van der Waals surface area contributed by atoms with Crippen LogP contribution in [0.5, 0.6) is 0 Å². The van der Waals surface area contributed by atoms with Gasteiger partial charge in [-0.15, -0.1) is 11.8 Å². The summed E-state index contributed by atoms with van der Waals surface area (Å²) in [4.78, 5) is 49.2. The average Bonchev–Trinajstić information content (AvgIpc) is 2.98. The molecule has 5 unspecified atom stereocenters. The van der Waals surface area contributed by atoms with Gasteiger partial charge in [-0.25, -0.2) is 18.5 Å². The van der Waals surface area contributed by atoms with Crippen LogP contribution in [0.3, 0.4) is 0 Å². The maximum atomic E-state index is 12.5. The molecular weight excluding hydrogens is 557 g/mol. The van der Waals surface area contributed by atoms with Crippen molar-refractivity contribution in [2.24, 2.45) is 0 Å². The Bertz CT molecular complexity index is 902. The van der Waals surface area contributed by atoms with E-state index in [-0.39, 0.29) is 5.37 Å². The molecule has 7 atom stereocenters. The fraction of sp³-hybridized carbons (Fsp3) is 0.800. The molecule has 2 amide bonds. The predicted octanol–water partition coefficient (Wildman–Crippen LogP) is 0.955. The maximum Gasteiger partial charge on any atom is 0.490 e. The number of nitrogens with one attached hydrogen (secondary N) is 1. The van der Waals surface area contributed by atoms with E-state index in [1.165, 1.54) is 18.0 Å². The second kappa shape index (κ2) is 12.9. The number of aliphatic hydroxyl groups excluding tert-OH is 2. The molecule has 2 rings (SSSR count). The van der Waals surface area contributed by atoms with Gasteiger partial charge in [-0.05, 0) is 18.2 Å². The molecule has 2 aliphatic heterocycles. The number of hydrogen-bond donors (Lipinski definition) is 7. The average molecular weight is 586 g/mol. The van der Waals surface area contributed by atoms with E-state index in [9.17, 15) is 33.6 Å². The Morgan fingerprint density at radius 1 is 1.06 bits per heavy atom. The van der Waals surface area contributed by atoms with Crippen molar-refractivity contribution in [1.82, 2.24) is 10.2 Å². The fourth-order valence-electron chi connectivity index (χ4n) is 3.09. The third-order valence-electron chi connectivity index (χ3n) is 4.65. The number of urea groups is 1. The molecule has 0 saturated carbocycles. The molecule has 0 aromatic rings. The first-order valence-corrected chi connectivity index (χ1v) is 15.9. The van der Waals surface area contributed by atoms with Gasteiger partial charge in [0, 0.05) is 6.20 Å². The van der Waals surface area contributed by atoms with Crippen LogP contribution < -0.4 is 5.32 Å². The molecule has 0 aromatic heterocycles. The number of amides is 2. The molecule has 1 saturated heterocycles. The highest BCUT2D eigenvalue weighted by atomic mass is 32.2. The van der Waals surface area contributed by atoms with Crippen molar-refractivity contribution in [1.29, 1.82) is 0 Å². The Hall–Kier alpha value is -0.350. The van der Waals surface area contributed by atoms with Gasteiger partial charge < -0.3 is 39.8 Å². The minimum atomic E-state index is -5.71. The van der Waals surface area contributed by atoms with Crippen LogP contribution >= 0.6 is 35.2 Å². The van der Waals surface area contributed by atoms with Crippen LogP contribution in [-0.4, -0.2) is 83.0 Å². The van der Waals surface area contributed by atoms with E-state index in [0.717, 1.165) is 36.3 Å². The van der Waals surface area contributed by atoms with Gasteiger partial charge >= 0.3 is 29.5 Å². The fourth-order valence-corrected chi connectivity index (χ4v) is 7.11. The first-order valence-electron chi connectivity index (χ1n) is 10.3. The van der Waals surface area contributed by atoms with E-state index in [2.05, 4.69) is 25.4 Å². The topological polar surface area (TPSA) is 242 Å². The van der Waals surface area contributed by atoms with Crippen molar-refractivity contribution >= 4 is 41.3 Å². The lowest BCUT2D eigenvalue weighted by Crippen LogP contribution is -2.52. The van der Waals surface area contributed by atoms with Crippen LogP contribution in [0.15, 0.2) is 12.3 Å². The predicted molar refractivity (Wildman–Crippen MR) is 120 cm³/mol. The summed E-state index contributed by atoms with van der Waals surface area (Å²) < 4.78 is 50.8. The molecule has 0 aliphatic carbocycles. The highest BCUT2D eigenvalue weighted by Gasteiger charge is 2.49. The minimum Gasteiger partial charge on any atom is -0.387 e. The SMILES string of the molecule is CCCCCCSC1C=CN([C@@H]2O[C@H](COP(=O)(O)OP(=O)(O)OP(=O)(O)O)C(O)C2O)C(=O)N1. The van der Waals surface area contributed by atoms with Crippen LogP contribution in [0.4, 0.5) is 4.79 Å². The molecule has 0 aromatic carbocycles. The van der Waals surface area contributed by atoms with E-state index in [1.807, 2.05) is 0 Å². The van der Waals surface area contributed by atoms with Crippen LogP contribution in [0, 0.1) is 0 Å². The van der Waals surface area contributed by atoms with E-state index < -0.39 is 60.6 Å². The number of aliphatic hydroxyl groups is 2. The molecule has 2 aliphatic rings. The van der Waals surface area contributed by atoms with Crippen LogP contribution in [0.25, 0.3) is 0 Å². The normalized spacial score (nSPS) is 30.7. The lowest BCUT2D eigenvalue weighted by atomic mass is 10.1. The highest BCUT2D eigenvalue weighted by molar-refractivity contribution is 8.00. The number of ether oxygens (including phenoxy) is 1. The van der Waals surface area contributed by atoms with E-state index in [0.29, 0.717) is 0 Å². The first kappa shape index (κ1) is 30.9. The maximum absolute atomic E-state index is 12.5. The summed E-state index contributed by atoms with van der Waals surface area (Å²) >= 11 is 1.52. The smallest absolute Gasteiger partial charge is 0.387 e. The van der Waals surface area contributed by atoms with Gasteiger partial charge in [0.25, 0.3) is 0 Å². The third-order valence-corrected chi connectivity index (χ3v) is 9.61. The standard InChI is InChI=1S/C15H29N2O14P3S/c1-2-3-4-5-8-35-11-6-7-17(15(20)16-11)14-13(19)12(18)10(29-14)9-28-33(24,25)31-34(26,27)30-32(21,22)23/h6-7,10-14,18-19H,2-5,8-9H2,1H3,(H,16,20)(H,24,25)(H,26,27)(H2,21,22,23)/t10-,11?,12?,13?,14-/m1/s1. The Balaban J connectivity index is 1.91. The first-order chi connectivity index (χ1) is 16.1. The molecule has 16 nitrogen and oxygen atoms in total. The Labute approximate surface area is 205 Å². The number of carbonyl (C=O) groups excluding carboxylic acids is 1. The summed E-state index contributed by atoms with van der Waals surface area (Å²) in [5, 5.41) is 22.9. The molecule has 0 radical (unpaired) electrons. The number of carbonyl (C=O) groups is 1. The van der Waals surface area contributed by atoms with Gasteiger partial charge in [0.2, 0.25) is 0 Å². The Morgan fingerprint density at radius 3 is 2.34 bits per heavy atom. The molecular formula is C15H29N2O14P3S. The lowest BCUT2D eigenvalue weighted by Gasteiger charge is -2.32. The molecule has 2 heterocycles. The Kier molecular flexibility index (Phi) is 11.4. The van der Waals surface area contributed by atoms with E-state index in [1.54, 1.807) is 6.08 Å². The van der Waals surface area contributed by atoms with Crippen molar-refractivity contribution < 1.29 is 66.2 Å². The summed E-state index contributed by atoms with van der Waals surface area (Å²) in [7, 11) is -16.7. The second-order valence-electron chi connectivity index (χ2n) is 7.48. The number of rotatable bonds is 14. The van der Waals surface area contributed by atoms with Gasteiger partial charge in [-0.1, -0.05) is 26.2 Å². The number of nitrogens with zero attached hydrogens (tertiary/aromatic N) is 1. The van der Waals surface area contributed by atoms with Crippen molar-refractivity contribution in [2.45, 2.75) is 62.5 Å². The molecule has 20 heteroatoms. The number of unbranched alkanes of at least 4 members (excludes halogenated alkanes) is 3. The molecule has 0 spiro atoms.